The van der Waals surface area contributed by atoms with Crippen molar-refractivity contribution in [3.05, 3.63) is 17.5 Å². The van der Waals surface area contributed by atoms with Crippen LogP contribution in [0.1, 0.15) is 16.1 Å². The maximum atomic E-state index is 10.8. The molecule has 0 amide bonds. The molecular formula is C12H20N4O3. The van der Waals surface area contributed by atoms with Crippen molar-refractivity contribution in [1.29, 1.82) is 0 Å². The number of carbonyl (C=O) groups is 1. The van der Waals surface area contributed by atoms with Gasteiger partial charge in [-0.25, -0.2) is 14.8 Å². The highest BCUT2D eigenvalue weighted by Crippen LogP contribution is 2.06. The van der Waals surface area contributed by atoms with Crippen LogP contribution in [-0.4, -0.2) is 66.3 Å². The molecule has 7 nitrogen and oxygen atoms in total. The molecule has 19 heavy (non-hydrogen) atoms. The average Bonchev–Trinajstić information content (AvgIpc) is 2.36. The number of nitrogens with zero attached hydrogens (tertiary/aromatic N) is 3. The number of likely N-dealkylation sites (N-methyl/N-ethyl adjacent to an activating group) is 1. The Morgan fingerprint density at radius 3 is 2.84 bits per heavy atom. The SMILES string of the molecule is COCCN(C)CCNc1ncc(C(=O)O)c(C)n1. The fraction of sp³-hybridized carbons (Fsp3) is 0.583. The van der Waals surface area contributed by atoms with E-state index in [-0.39, 0.29) is 5.56 Å². The zero-order valence-corrected chi connectivity index (χ0v) is 11.5. The minimum atomic E-state index is -1.01. The Morgan fingerprint density at radius 2 is 2.26 bits per heavy atom. The first-order valence-corrected chi connectivity index (χ1v) is 6.03. The first-order valence-electron chi connectivity index (χ1n) is 6.03. The van der Waals surface area contributed by atoms with E-state index in [1.807, 2.05) is 7.05 Å². The van der Waals surface area contributed by atoms with Crippen molar-refractivity contribution in [3.8, 4) is 0 Å². The van der Waals surface area contributed by atoms with Crippen molar-refractivity contribution in [2.75, 3.05) is 45.7 Å². The maximum absolute atomic E-state index is 10.8. The van der Waals surface area contributed by atoms with E-state index in [0.29, 0.717) is 24.8 Å². The van der Waals surface area contributed by atoms with Crippen molar-refractivity contribution < 1.29 is 14.6 Å². The number of anilines is 1. The van der Waals surface area contributed by atoms with E-state index in [1.165, 1.54) is 6.20 Å². The Bertz CT molecular complexity index is 425. The Kier molecular flexibility index (Phi) is 6.17. The molecule has 0 radical (unpaired) electrons. The molecule has 0 unspecified atom stereocenters. The summed E-state index contributed by atoms with van der Waals surface area (Å²) in [5.74, 6) is -0.564. The highest BCUT2D eigenvalue weighted by molar-refractivity contribution is 5.88. The number of carboxylic acid groups (broad SMARTS) is 1. The fourth-order valence-electron chi connectivity index (χ4n) is 1.48. The lowest BCUT2D eigenvalue weighted by Gasteiger charge is -2.16. The van der Waals surface area contributed by atoms with Gasteiger partial charge in [0.15, 0.2) is 0 Å². The molecule has 0 aliphatic rings. The van der Waals surface area contributed by atoms with E-state index < -0.39 is 5.97 Å². The Balaban J connectivity index is 2.42. The number of aromatic carboxylic acids is 1. The summed E-state index contributed by atoms with van der Waals surface area (Å²) in [5, 5.41) is 11.9. The van der Waals surface area contributed by atoms with E-state index in [0.717, 1.165) is 13.1 Å². The molecule has 1 rings (SSSR count). The number of carboxylic acids is 1. The van der Waals surface area contributed by atoms with Crippen molar-refractivity contribution in [2.24, 2.45) is 0 Å². The van der Waals surface area contributed by atoms with Crippen LogP contribution in [0, 0.1) is 6.92 Å². The number of aromatic nitrogens is 2. The third-order valence-electron chi connectivity index (χ3n) is 2.66. The van der Waals surface area contributed by atoms with Crippen molar-refractivity contribution in [1.82, 2.24) is 14.9 Å². The van der Waals surface area contributed by atoms with E-state index in [2.05, 4.69) is 20.2 Å². The maximum Gasteiger partial charge on any atom is 0.339 e. The third-order valence-corrected chi connectivity index (χ3v) is 2.66. The lowest BCUT2D eigenvalue weighted by molar-refractivity contribution is 0.0695. The summed E-state index contributed by atoms with van der Waals surface area (Å²) in [5.41, 5.74) is 0.584. The van der Waals surface area contributed by atoms with Crippen LogP contribution in [0.15, 0.2) is 6.20 Å². The summed E-state index contributed by atoms with van der Waals surface area (Å²) in [6.07, 6.45) is 1.32. The van der Waals surface area contributed by atoms with Crippen molar-refractivity contribution in [2.45, 2.75) is 6.92 Å². The highest BCUT2D eigenvalue weighted by Gasteiger charge is 2.09. The van der Waals surface area contributed by atoms with E-state index in [1.54, 1.807) is 14.0 Å². The molecular weight excluding hydrogens is 248 g/mol. The molecule has 1 aromatic rings. The van der Waals surface area contributed by atoms with E-state index in [9.17, 15) is 4.79 Å². The van der Waals surface area contributed by atoms with Gasteiger partial charge in [-0.15, -0.1) is 0 Å². The van der Waals surface area contributed by atoms with Gasteiger partial charge in [0.05, 0.1) is 17.9 Å². The quantitative estimate of drug-likeness (QED) is 0.708. The third kappa shape index (κ3) is 5.19. The molecule has 0 saturated heterocycles. The first kappa shape index (κ1) is 15.3. The van der Waals surface area contributed by atoms with Crippen LogP contribution in [0.25, 0.3) is 0 Å². The number of hydrogen-bond donors (Lipinski definition) is 2. The smallest absolute Gasteiger partial charge is 0.339 e. The van der Waals surface area contributed by atoms with Gasteiger partial charge in [0.2, 0.25) is 5.95 Å². The Labute approximate surface area is 112 Å². The molecule has 106 valence electrons. The molecule has 0 spiro atoms. The molecule has 7 heteroatoms. The zero-order chi connectivity index (χ0) is 14.3. The number of aryl methyl sites for hydroxylation is 1. The number of hydrogen-bond acceptors (Lipinski definition) is 6. The summed E-state index contributed by atoms with van der Waals surface area (Å²) < 4.78 is 4.99. The van der Waals surface area contributed by atoms with Gasteiger partial charge in [-0.05, 0) is 14.0 Å². The first-order chi connectivity index (χ1) is 9.04. The fourth-order valence-corrected chi connectivity index (χ4v) is 1.48. The standard InChI is InChI=1S/C12H20N4O3/c1-9-10(11(17)18)8-14-12(15-9)13-4-5-16(2)6-7-19-3/h8H,4-7H2,1-3H3,(H,17,18)(H,13,14,15). The largest absolute Gasteiger partial charge is 0.478 e. The van der Waals surface area contributed by atoms with Gasteiger partial charge in [-0.2, -0.15) is 0 Å². The topological polar surface area (TPSA) is 87.6 Å². The Morgan fingerprint density at radius 1 is 1.53 bits per heavy atom. The predicted octanol–water partition coefficient (Wildman–Crippen LogP) is 0.473. The zero-order valence-electron chi connectivity index (χ0n) is 11.5. The van der Waals surface area contributed by atoms with Gasteiger partial charge in [0.25, 0.3) is 0 Å². The van der Waals surface area contributed by atoms with Gasteiger partial charge >= 0.3 is 5.97 Å². The van der Waals surface area contributed by atoms with Crippen LogP contribution in [-0.2, 0) is 4.74 Å². The normalized spacial score (nSPS) is 10.7. The Hall–Kier alpha value is -1.73. The molecule has 0 saturated carbocycles. The number of rotatable bonds is 8. The summed E-state index contributed by atoms with van der Waals surface area (Å²) in [4.78, 5) is 21.0. The molecule has 0 aromatic carbocycles. The number of nitrogens with one attached hydrogen (secondary N) is 1. The summed E-state index contributed by atoms with van der Waals surface area (Å²) in [6, 6.07) is 0. The van der Waals surface area contributed by atoms with Crippen LogP contribution in [0.2, 0.25) is 0 Å². The van der Waals surface area contributed by atoms with Gasteiger partial charge in [-0.3, -0.25) is 0 Å². The van der Waals surface area contributed by atoms with Crippen LogP contribution < -0.4 is 5.32 Å². The molecule has 1 aromatic heterocycles. The second-order valence-electron chi connectivity index (χ2n) is 4.22. The number of methoxy groups -OCH3 is 1. The van der Waals surface area contributed by atoms with Gasteiger partial charge in [0, 0.05) is 32.9 Å². The lowest BCUT2D eigenvalue weighted by Crippen LogP contribution is -2.28. The highest BCUT2D eigenvalue weighted by atomic mass is 16.5. The van der Waals surface area contributed by atoms with E-state index in [4.69, 9.17) is 9.84 Å². The summed E-state index contributed by atoms with van der Waals surface area (Å²) in [6.45, 7) is 4.72. The molecule has 1 heterocycles. The monoisotopic (exact) mass is 268 g/mol. The second-order valence-corrected chi connectivity index (χ2v) is 4.22. The molecule has 0 bridgehead atoms. The molecule has 0 aliphatic carbocycles. The molecule has 0 fully saturated rings. The summed E-state index contributed by atoms with van der Waals surface area (Å²) >= 11 is 0. The van der Waals surface area contributed by atoms with Gasteiger partial charge in [-0.1, -0.05) is 0 Å². The second kappa shape index (κ2) is 7.65. The van der Waals surface area contributed by atoms with Crippen LogP contribution >= 0.6 is 0 Å². The molecule has 2 N–H and O–H groups in total. The predicted molar refractivity (Wildman–Crippen MR) is 71.6 cm³/mol. The molecule has 0 aliphatic heterocycles. The lowest BCUT2D eigenvalue weighted by atomic mass is 10.2. The van der Waals surface area contributed by atoms with Crippen molar-refractivity contribution in [3.63, 3.8) is 0 Å². The van der Waals surface area contributed by atoms with Crippen LogP contribution in [0.4, 0.5) is 5.95 Å². The van der Waals surface area contributed by atoms with Crippen LogP contribution in [0.3, 0.4) is 0 Å². The van der Waals surface area contributed by atoms with E-state index >= 15 is 0 Å². The molecule has 0 atom stereocenters. The van der Waals surface area contributed by atoms with Crippen molar-refractivity contribution >= 4 is 11.9 Å². The minimum absolute atomic E-state index is 0.128. The van der Waals surface area contributed by atoms with Gasteiger partial charge < -0.3 is 20.1 Å². The van der Waals surface area contributed by atoms with Crippen LogP contribution in [0.5, 0.6) is 0 Å². The number of ether oxygens (including phenoxy) is 1. The average molecular weight is 268 g/mol. The minimum Gasteiger partial charge on any atom is -0.478 e. The van der Waals surface area contributed by atoms with Gasteiger partial charge in [0.1, 0.15) is 0 Å². The summed E-state index contributed by atoms with van der Waals surface area (Å²) in [7, 11) is 3.67.